The zero-order valence-corrected chi connectivity index (χ0v) is 16.9. The normalized spacial score (nSPS) is 13.2. The highest BCUT2D eigenvalue weighted by atomic mass is 32.2. The maximum absolute atomic E-state index is 12.8. The van der Waals surface area contributed by atoms with Gasteiger partial charge >= 0.3 is 4.87 Å². The molecule has 7 heteroatoms. The van der Waals surface area contributed by atoms with Gasteiger partial charge in [0.15, 0.2) is 0 Å². The van der Waals surface area contributed by atoms with Crippen LogP contribution in [0.4, 0.5) is 0 Å². The largest absolute Gasteiger partial charge is 0.308 e. The first-order valence-corrected chi connectivity index (χ1v) is 10.8. The van der Waals surface area contributed by atoms with E-state index in [1.165, 1.54) is 0 Å². The second-order valence-corrected chi connectivity index (χ2v) is 9.15. The third-order valence-corrected chi connectivity index (χ3v) is 6.98. The maximum atomic E-state index is 12.8. The van der Waals surface area contributed by atoms with Crippen molar-refractivity contribution >= 4 is 31.6 Å². The molecule has 0 radical (unpaired) electrons. The predicted molar refractivity (Wildman–Crippen MR) is 106 cm³/mol. The van der Waals surface area contributed by atoms with E-state index in [0.717, 1.165) is 33.5 Å². The zero-order chi connectivity index (χ0) is 19.1. The number of nitrogens with zero attached hydrogens (tertiary/aromatic N) is 1. The smallest absolute Gasteiger partial charge is 0.299 e. The Labute approximate surface area is 157 Å². The molecule has 26 heavy (non-hydrogen) atoms. The first-order chi connectivity index (χ1) is 12.2. The quantitative estimate of drug-likeness (QED) is 0.722. The van der Waals surface area contributed by atoms with Crippen LogP contribution >= 0.6 is 11.3 Å². The van der Waals surface area contributed by atoms with E-state index >= 15 is 0 Å². The van der Waals surface area contributed by atoms with Gasteiger partial charge in [0.25, 0.3) is 0 Å². The molecule has 0 aliphatic rings. The molecule has 5 nitrogen and oxygen atoms in total. The minimum Gasteiger partial charge on any atom is -0.299 e. The van der Waals surface area contributed by atoms with E-state index in [2.05, 4.69) is 4.72 Å². The van der Waals surface area contributed by atoms with E-state index in [9.17, 15) is 13.2 Å². The van der Waals surface area contributed by atoms with Gasteiger partial charge in [-0.05, 0) is 57.0 Å². The summed E-state index contributed by atoms with van der Waals surface area (Å²) in [5, 5.41) is 0. The van der Waals surface area contributed by atoms with E-state index in [1.807, 2.05) is 45.9 Å². The molecule has 0 amide bonds. The molecule has 138 valence electrons. The monoisotopic (exact) mass is 390 g/mol. The number of nitrogens with one attached hydrogen (secondary N) is 1. The molecule has 1 heterocycles. The molecule has 1 atom stereocenters. The van der Waals surface area contributed by atoms with Crippen LogP contribution in [0, 0.1) is 13.8 Å². The Morgan fingerprint density at radius 2 is 1.88 bits per heavy atom. The number of hydrogen-bond donors (Lipinski definition) is 1. The van der Waals surface area contributed by atoms with Crippen LogP contribution in [-0.2, 0) is 16.6 Å². The Kier molecular flexibility index (Phi) is 5.05. The Morgan fingerprint density at radius 3 is 2.58 bits per heavy atom. The van der Waals surface area contributed by atoms with Gasteiger partial charge in [0.1, 0.15) is 0 Å². The molecule has 0 fully saturated rings. The molecule has 3 rings (SSSR count). The van der Waals surface area contributed by atoms with Crippen LogP contribution in [0.1, 0.15) is 36.6 Å². The number of aromatic nitrogens is 1. The molecule has 3 aromatic rings. The van der Waals surface area contributed by atoms with Crippen molar-refractivity contribution in [3.05, 3.63) is 62.8 Å². The predicted octanol–water partition coefficient (Wildman–Crippen LogP) is 3.74. The molecule has 2 aromatic carbocycles. The van der Waals surface area contributed by atoms with Gasteiger partial charge in [-0.3, -0.25) is 9.36 Å². The number of fused-ring (bicyclic) bond motifs is 1. The molecule has 0 bridgehead atoms. The summed E-state index contributed by atoms with van der Waals surface area (Å²) in [6, 6.07) is 10.5. The summed E-state index contributed by atoms with van der Waals surface area (Å²) in [5.74, 6) is 0. The van der Waals surface area contributed by atoms with E-state index < -0.39 is 10.0 Å². The van der Waals surface area contributed by atoms with Gasteiger partial charge in [-0.1, -0.05) is 35.1 Å². The van der Waals surface area contributed by atoms with E-state index in [-0.39, 0.29) is 15.8 Å². The van der Waals surface area contributed by atoms with Crippen molar-refractivity contribution in [2.24, 2.45) is 0 Å². The summed E-state index contributed by atoms with van der Waals surface area (Å²) in [4.78, 5) is 12.1. The number of sulfonamides is 1. The summed E-state index contributed by atoms with van der Waals surface area (Å²) in [5.41, 5.74) is 3.85. The number of benzene rings is 2. The topological polar surface area (TPSA) is 68.2 Å². The second-order valence-electron chi connectivity index (χ2n) is 6.44. The molecule has 1 N–H and O–H groups in total. The number of hydrogen-bond acceptors (Lipinski definition) is 4. The van der Waals surface area contributed by atoms with Crippen molar-refractivity contribution in [1.82, 2.24) is 9.29 Å². The number of rotatable bonds is 5. The molecule has 0 aliphatic heterocycles. The summed E-state index contributed by atoms with van der Waals surface area (Å²) < 4.78 is 30.7. The molecule has 1 aromatic heterocycles. The first-order valence-electron chi connectivity index (χ1n) is 8.46. The zero-order valence-electron chi connectivity index (χ0n) is 15.2. The molecule has 1 unspecified atom stereocenters. The summed E-state index contributed by atoms with van der Waals surface area (Å²) >= 11 is 1.07. The van der Waals surface area contributed by atoms with E-state index in [0.29, 0.717) is 11.2 Å². The van der Waals surface area contributed by atoms with Gasteiger partial charge in [0, 0.05) is 12.6 Å². The lowest BCUT2D eigenvalue weighted by Gasteiger charge is -2.17. The van der Waals surface area contributed by atoms with E-state index in [4.69, 9.17) is 0 Å². The first kappa shape index (κ1) is 18.8. The molecule has 0 spiro atoms. The van der Waals surface area contributed by atoms with E-state index in [1.54, 1.807) is 22.8 Å². The molecule has 0 saturated carbocycles. The fourth-order valence-corrected chi connectivity index (χ4v) is 5.42. The molecular formula is C19H22N2O3S2. The standard InChI is InChI=1S/C19H22N2O3S2/c1-5-21-17-9-8-15(11-18(17)25-19(21)22)26(23,24)20-14(4)16-10-12(2)6-7-13(16)3/h6-11,14,20H,5H2,1-4H3. The number of aryl methyl sites for hydroxylation is 3. The van der Waals surface area contributed by atoms with Gasteiger partial charge in [-0.15, -0.1) is 0 Å². The highest BCUT2D eigenvalue weighted by Crippen LogP contribution is 2.24. The average Bonchev–Trinajstić information content (AvgIpc) is 2.90. The van der Waals surface area contributed by atoms with Gasteiger partial charge in [-0.25, -0.2) is 13.1 Å². The van der Waals surface area contributed by atoms with Crippen molar-refractivity contribution in [3.63, 3.8) is 0 Å². The lowest BCUT2D eigenvalue weighted by atomic mass is 10.0. The van der Waals surface area contributed by atoms with Crippen LogP contribution in [0.2, 0.25) is 0 Å². The van der Waals surface area contributed by atoms with Crippen LogP contribution in [-0.4, -0.2) is 13.0 Å². The van der Waals surface area contributed by atoms with Crippen molar-refractivity contribution in [3.8, 4) is 0 Å². The Morgan fingerprint density at radius 1 is 1.15 bits per heavy atom. The van der Waals surface area contributed by atoms with Crippen molar-refractivity contribution in [2.75, 3.05) is 0 Å². The van der Waals surface area contributed by atoms with Gasteiger partial charge < -0.3 is 0 Å². The van der Waals surface area contributed by atoms with Crippen molar-refractivity contribution in [1.29, 1.82) is 0 Å². The molecule has 0 aliphatic carbocycles. The van der Waals surface area contributed by atoms with Crippen LogP contribution in [0.15, 0.2) is 46.1 Å². The third kappa shape index (κ3) is 3.47. The van der Waals surface area contributed by atoms with Crippen LogP contribution in [0.25, 0.3) is 10.2 Å². The Bertz CT molecular complexity index is 1130. The highest BCUT2D eigenvalue weighted by molar-refractivity contribution is 7.89. The van der Waals surface area contributed by atoms with Crippen LogP contribution in [0.3, 0.4) is 0 Å². The average molecular weight is 391 g/mol. The van der Waals surface area contributed by atoms with Crippen molar-refractivity contribution < 1.29 is 8.42 Å². The lowest BCUT2D eigenvalue weighted by molar-refractivity contribution is 0.566. The fraction of sp³-hybridized carbons (Fsp3) is 0.316. The summed E-state index contributed by atoms with van der Waals surface area (Å²) in [6.07, 6.45) is 0. The van der Waals surface area contributed by atoms with Crippen molar-refractivity contribution in [2.45, 2.75) is 45.2 Å². The maximum Gasteiger partial charge on any atom is 0.308 e. The van der Waals surface area contributed by atoms with Crippen LogP contribution < -0.4 is 9.60 Å². The molecule has 0 saturated heterocycles. The SMILES string of the molecule is CCn1c(=O)sc2cc(S(=O)(=O)NC(C)c3cc(C)ccc3C)ccc21. The Balaban J connectivity index is 1.96. The third-order valence-electron chi connectivity index (χ3n) is 4.50. The highest BCUT2D eigenvalue weighted by Gasteiger charge is 2.21. The minimum absolute atomic E-state index is 0.0752. The summed E-state index contributed by atoms with van der Waals surface area (Å²) in [7, 11) is -3.69. The lowest BCUT2D eigenvalue weighted by Crippen LogP contribution is -2.27. The van der Waals surface area contributed by atoms with Gasteiger partial charge in [0.05, 0.1) is 15.1 Å². The fourth-order valence-electron chi connectivity index (χ4n) is 3.10. The minimum atomic E-state index is -3.69. The Hall–Kier alpha value is -1.96. The summed E-state index contributed by atoms with van der Waals surface area (Å²) in [6.45, 7) is 8.25. The second kappa shape index (κ2) is 6.98. The van der Waals surface area contributed by atoms with Crippen LogP contribution in [0.5, 0.6) is 0 Å². The van der Waals surface area contributed by atoms with Gasteiger partial charge in [0.2, 0.25) is 10.0 Å². The number of thiazole rings is 1. The van der Waals surface area contributed by atoms with Gasteiger partial charge in [-0.2, -0.15) is 0 Å². The molecular weight excluding hydrogens is 368 g/mol.